The van der Waals surface area contributed by atoms with Crippen molar-refractivity contribution in [1.29, 1.82) is 0 Å². The van der Waals surface area contributed by atoms with Gasteiger partial charge in [0.05, 0.1) is 18.5 Å². The van der Waals surface area contributed by atoms with Crippen LogP contribution in [-0.4, -0.2) is 30.6 Å². The molecule has 80 valence electrons. The molecule has 1 amide bonds. The van der Waals surface area contributed by atoms with E-state index in [9.17, 15) is 4.79 Å². The van der Waals surface area contributed by atoms with E-state index in [0.717, 1.165) is 18.5 Å². The number of hydrogen-bond donors (Lipinski definition) is 2. The van der Waals surface area contributed by atoms with Crippen molar-refractivity contribution in [1.82, 2.24) is 5.43 Å². The predicted molar refractivity (Wildman–Crippen MR) is 55.7 cm³/mol. The molecule has 0 bridgehead atoms. The highest BCUT2D eigenvalue weighted by Gasteiger charge is 2.33. The minimum absolute atomic E-state index is 0. The molecule has 0 aromatic rings. The van der Waals surface area contributed by atoms with Gasteiger partial charge in [0, 0.05) is 7.26 Å². The van der Waals surface area contributed by atoms with Crippen molar-refractivity contribution in [3.63, 3.8) is 0 Å². The normalized spacial score (nSPS) is 10.5. The third-order valence-electron chi connectivity index (χ3n) is 2.65. The van der Waals surface area contributed by atoms with E-state index in [2.05, 4.69) is 26.2 Å². The molecule has 0 fully saturated rings. The first-order valence-electron chi connectivity index (χ1n) is 4.48. The molecular weight excluding hydrogens is 251 g/mol. The summed E-state index contributed by atoms with van der Waals surface area (Å²) in [5.74, 6) is 5.06. The van der Waals surface area contributed by atoms with Crippen LogP contribution in [0, 0.1) is 0 Å². The molecule has 0 saturated carbocycles. The van der Waals surface area contributed by atoms with Gasteiger partial charge in [0.2, 0.25) is 0 Å². The molecule has 0 aliphatic heterocycles. The summed E-state index contributed by atoms with van der Waals surface area (Å²) in [5, 5.41) is 0. The molecule has 0 aromatic carbocycles. The number of amides is 1. The Labute approximate surface area is 91.9 Å². The van der Waals surface area contributed by atoms with Crippen LogP contribution in [0.5, 0.6) is 0 Å². The molecule has 0 aliphatic rings. The van der Waals surface area contributed by atoms with Gasteiger partial charge >= 0.3 is 0 Å². The molecule has 3 N–H and O–H groups in total. The zero-order valence-electron chi connectivity index (χ0n) is 8.64. The minimum atomic E-state index is -1.00. The summed E-state index contributed by atoms with van der Waals surface area (Å²) in [7, 11) is -1.00. The molecule has 0 aliphatic carbocycles. The number of nitrogens with two attached hydrogens (primary N) is 1. The smallest absolute Gasteiger partial charge is 0.271 e. The number of nitrogens with one attached hydrogen (secondary N) is 1. The first-order valence-corrected chi connectivity index (χ1v) is 7.01. The molecule has 0 radical (unpaired) electrons. The van der Waals surface area contributed by atoms with Crippen LogP contribution in [0.3, 0.4) is 0 Å². The van der Waals surface area contributed by atoms with Gasteiger partial charge in [-0.15, -0.1) is 0 Å². The molecule has 0 aromatic heterocycles. The molecule has 0 spiro atoms. The van der Waals surface area contributed by atoms with Gasteiger partial charge in [0.25, 0.3) is 5.91 Å². The Kier molecular flexibility index (Phi) is 9.38. The van der Waals surface area contributed by atoms with Crippen molar-refractivity contribution < 1.29 is 21.8 Å². The average molecular weight is 271 g/mol. The van der Waals surface area contributed by atoms with Crippen molar-refractivity contribution in [2.45, 2.75) is 20.8 Å². The summed E-state index contributed by atoms with van der Waals surface area (Å²) >= 11 is 0. The van der Waals surface area contributed by atoms with Crippen LogP contribution in [0.1, 0.15) is 20.8 Å². The maximum absolute atomic E-state index is 11.1. The average Bonchev–Trinajstić information content (AvgIpc) is 2.14. The van der Waals surface area contributed by atoms with Crippen molar-refractivity contribution in [3.05, 3.63) is 0 Å². The highest BCUT2D eigenvalue weighted by Crippen LogP contribution is 2.57. The zero-order chi connectivity index (χ0) is 9.61. The molecular formula is C8H20BrN2OP. The van der Waals surface area contributed by atoms with E-state index in [1.54, 1.807) is 0 Å². The Morgan fingerprint density at radius 3 is 1.85 bits per heavy atom. The van der Waals surface area contributed by atoms with Crippen molar-refractivity contribution in [3.8, 4) is 0 Å². The van der Waals surface area contributed by atoms with Gasteiger partial charge in [-0.25, -0.2) is 5.84 Å². The number of hydrogen-bond acceptors (Lipinski definition) is 2. The molecule has 0 rings (SSSR count). The number of hydrazine groups is 1. The number of halogens is 1. The van der Waals surface area contributed by atoms with E-state index in [0.29, 0.717) is 6.16 Å². The molecule has 0 saturated heterocycles. The third-order valence-corrected chi connectivity index (χ3v) is 7.64. The lowest BCUT2D eigenvalue weighted by Crippen LogP contribution is -3.00. The SMILES string of the molecule is CC[P+](CC)(CC)CC(=O)NN.[Br-]. The van der Waals surface area contributed by atoms with E-state index in [1.165, 1.54) is 0 Å². The Hall–Kier alpha value is 0.340. The van der Waals surface area contributed by atoms with Crippen LogP contribution in [0.2, 0.25) is 0 Å². The first kappa shape index (κ1) is 15.8. The van der Waals surface area contributed by atoms with E-state index in [1.807, 2.05) is 0 Å². The highest BCUT2D eigenvalue weighted by molar-refractivity contribution is 7.76. The summed E-state index contributed by atoms with van der Waals surface area (Å²) < 4.78 is 0. The molecule has 3 nitrogen and oxygen atoms in total. The maximum atomic E-state index is 11.1. The molecule has 0 heterocycles. The van der Waals surface area contributed by atoms with Crippen LogP contribution in [-0.2, 0) is 4.79 Å². The number of carbonyl (C=O) groups excluding carboxylic acids is 1. The van der Waals surface area contributed by atoms with Crippen LogP contribution >= 0.6 is 7.26 Å². The van der Waals surface area contributed by atoms with E-state index < -0.39 is 7.26 Å². The quantitative estimate of drug-likeness (QED) is 0.264. The minimum Gasteiger partial charge on any atom is -1.00 e. The Balaban J connectivity index is 0. The van der Waals surface area contributed by atoms with Gasteiger partial charge in [-0.2, -0.15) is 0 Å². The summed E-state index contributed by atoms with van der Waals surface area (Å²) in [6, 6.07) is 0. The second-order valence-electron chi connectivity index (χ2n) is 3.02. The van der Waals surface area contributed by atoms with Gasteiger partial charge < -0.3 is 17.0 Å². The van der Waals surface area contributed by atoms with Gasteiger partial charge in [0.1, 0.15) is 6.16 Å². The molecule has 5 heteroatoms. The largest absolute Gasteiger partial charge is 1.00 e. The van der Waals surface area contributed by atoms with Crippen molar-refractivity contribution >= 4 is 13.2 Å². The Morgan fingerprint density at radius 2 is 1.62 bits per heavy atom. The van der Waals surface area contributed by atoms with E-state index in [-0.39, 0.29) is 22.9 Å². The number of carbonyl (C=O) groups is 1. The highest BCUT2D eigenvalue weighted by atomic mass is 79.9. The first-order chi connectivity index (χ1) is 5.64. The van der Waals surface area contributed by atoms with Gasteiger partial charge in [0.15, 0.2) is 0 Å². The summed E-state index contributed by atoms with van der Waals surface area (Å²) in [6.07, 6.45) is 4.10. The van der Waals surface area contributed by atoms with Crippen LogP contribution in [0.15, 0.2) is 0 Å². The van der Waals surface area contributed by atoms with Crippen LogP contribution in [0.4, 0.5) is 0 Å². The lowest BCUT2D eigenvalue weighted by Gasteiger charge is -2.22. The Bertz CT molecular complexity index is 143. The standard InChI is InChI=1S/C8H19N2OP.BrH/c1-4-12(5-2,6-3)7-8(11)10-9;/h4-7,9H2,1-3H3;1H. The lowest BCUT2D eigenvalue weighted by atomic mass is 10.7. The fourth-order valence-electron chi connectivity index (χ4n) is 1.36. The fraction of sp³-hybridized carbons (Fsp3) is 0.875. The molecule has 0 atom stereocenters. The second-order valence-corrected chi connectivity index (χ2v) is 7.91. The summed E-state index contributed by atoms with van der Waals surface area (Å²) in [5.41, 5.74) is 2.21. The van der Waals surface area contributed by atoms with Crippen LogP contribution in [0.25, 0.3) is 0 Å². The molecule has 0 unspecified atom stereocenters. The predicted octanol–water partition coefficient (Wildman–Crippen LogP) is -1.94. The van der Waals surface area contributed by atoms with Gasteiger partial charge in [-0.3, -0.25) is 10.2 Å². The van der Waals surface area contributed by atoms with Gasteiger partial charge in [-0.1, -0.05) is 0 Å². The fourth-order valence-corrected chi connectivity index (χ4v) is 4.07. The monoisotopic (exact) mass is 270 g/mol. The van der Waals surface area contributed by atoms with E-state index >= 15 is 0 Å². The molecule has 13 heavy (non-hydrogen) atoms. The summed E-state index contributed by atoms with van der Waals surface area (Å²) in [6.45, 7) is 6.51. The summed E-state index contributed by atoms with van der Waals surface area (Å²) in [4.78, 5) is 11.1. The topological polar surface area (TPSA) is 55.1 Å². The number of rotatable bonds is 5. The zero-order valence-corrected chi connectivity index (χ0v) is 11.1. The van der Waals surface area contributed by atoms with Crippen LogP contribution < -0.4 is 28.2 Å². The Morgan fingerprint density at radius 1 is 1.23 bits per heavy atom. The lowest BCUT2D eigenvalue weighted by molar-refractivity contribution is -0.118. The van der Waals surface area contributed by atoms with Gasteiger partial charge in [-0.05, 0) is 20.8 Å². The van der Waals surface area contributed by atoms with E-state index in [4.69, 9.17) is 5.84 Å². The van der Waals surface area contributed by atoms with Crippen molar-refractivity contribution in [2.24, 2.45) is 5.84 Å². The van der Waals surface area contributed by atoms with Crippen molar-refractivity contribution in [2.75, 3.05) is 24.6 Å². The second kappa shape index (κ2) is 7.72. The maximum Gasteiger partial charge on any atom is 0.271 e. The third kappa shape index (κ3) is 4.94.